The van der Waals surface area contributed by atoms with Gasteiger partial charge in [-0.3, -0.25) is 19.3 Å². The maximum Gasteiger partial charge on any atom is 0.308 e. The molecule has 3 unspecified atom stereocenters. The van der Waals surface area contributed by atoms with Gasteiger partial charge in [-0.2, -0.15) is 0 Å². The van der Waals surface area contributed by atoms with E-state index in [1.54, 1.807) is 7.11 Å². The Hall–Kier alpha value is -2.52. The highest BCUT2D eigenvalue weighted by atomic mass is 16.7. The summed E-state index contributed by atoms with van der Waals surface area (Å²) in [5.41, 5.74) is 0.743. The Kier molecular flexibility index (Phi) is 10.1. The quantitative estimate of drug-likeness (QED) is 0.353. The van der Waals surface area contributed by atoms with Crippen LogP contribution in [-0.2, 0) is 14.4 Å². The van der Waals surface area contributed by atoms with Gasteiger partial charge in [-0.15, -0.1) is 0 Å². The Morgan fingerprint density at radius 1 is 1.16 bits per heavy atom. The van der Waals surface area contributed by atoms with E-state index in [9.17, 15) is 14.7 Å². The second kappa shape index (κ2) is 12.8. The van der Waals surface area contributed by atoms with Gasteiger partial charge in [0.2, 0.25) is 12.5 Å². The number of hydrogen-bond donors (Lipinski definition) is 1. The lowest BCUT2D eigenvalue weighted by Crippen LogP contribution is -2.45. The zero-order valence-corrected chi connectivity index (χ0v) is 23.2. The van der Waals surface area contributed by atoms with E-state index in [1.165, 1.54) is 5.06 Å². The first-order valence-corrected chi connectivity index (χ1v) is 13.5. The van der Waals surface area contributed by atoms with Gasteiger partial charge < -0.3 is 19.3 Å². The van der Waals surface area contributed by atoms with E-state index in [1.807, 2.05) is 26.0 Å². The summed E-state index contributed by atoms with van der Waals surface area (Å²) in [7, 11) is 1.56. The predicted molar refractivity (Wildman–Crippen MR) is 140 cm³/mol. The molecule has 0 aromatic heterocycles. The molecule has 208 valence electrons. The molecule has 1 N–H and O–H groups in total. The molecule has 1 saturated heterocycles. The van der Waals surface area contributed by atoms with Gasteiger partial charge in [0, 0.05) is 25.0 Å². The average molecular weight is 521 g/mol. The molecule has 0 saturated carbocycles. The van der Waals surface area contributed by atoms with Gasteiger partial charge in [0.15, 0.2) is 11.5 Å². The van der Waals surface area contributed by atoms with Crippen molar-refractivity contribution >= 4 is 11.9 Å². The number of likely N-dealkylation sites (tertiary alicyclic amines) is 1. The number of methoxy groups -OCH3 is 1. The number of hydrogen-bond acceptors (Lipinski definition) is 7. The molecular formula is C28H44N2O7. The van der Waals surface area contributed by atoms with Crippen LogP contribution in [0.2, 0.25) is 0 Å². The fourth-order valence-corrected chi connectivity index (χ4v) is 5.71. The van der Waals surface area contributed by atoms with Gasteiger partial charge in [0.05, 0.1) is 26.2 Å². The van der Waals surface area contributed by atoms with Crippen molar-refractivity contribution in [1.82, 2.24) is 9.96 Å². The smallest absolute Gasteiger partial charge is 0.308 e. The fourth-order valence-electron chi connectivity index (χ4n) is 5.71. The monoisotopic (exact) mass is 520 g/mol. The molecule has 3 atom stereocenters. The molecule has 2 aliphatic heterocycles. The summed E-state index contributed by atoms with van der Waals surface area (Å²) in [5, 5.41) is 11.9. The lowest BCUT2D eigenvalue weighted by atomic mass is 9.76. The Bertz CT molecular complexity index is 935. The molecule has 2 heterocycles. The summed E-state index contributed by atoms with van der Waals surface area (Å²) in [6, 6.07) is 3.40. The second-order valence-electron chi connectivity index (χ2n) is 10.9. The molecule has 0 aliphatic carbocycles. The predicted octanol–water partition coefficient (Wildman–Crippen LogP) is 4.69. The maximum atomic E-state index is 13.4. The third-order valence-electron chi connectivity index (χ3n) is 7.33. The van der Waals surface area contributed by atoms with Crippen molar-refractivity contribution in [3.8, 4) is 17.2 Å². The standard InChI is InChI=1S/C28H44N2O7/c1-7-10-28(4,5)15-21-25(27(32)33)20(19-13-22(34-6)26-23(14-19)35-18-36-26)16-29(21)17-24(31)30(11-8-2)37-12-9-3/h13-14,20-21,25H,7-12,15-18H2,1-6H3,(H,32,33). The first-order chi connectivity index (χ1) is 17.6. The van der Waals surface area contributed by atoms with Crippen molar-refractivity contribution in [1.29, 1.82) is 0 Å². The van der Waals surface area contributed by atoms with E-state index in [4.69, 9.17) is 19.0 Å². The zero-order chi connectivity index (χ0) is 27.2. The minimum Gasteiger partial charge on any atom is -0.493 e. The molecule has 0 bridgehead atoms. The fraction of sp³-hybridized carbons (Fsp3) is 0.714. The summed E-state index contributed by atoms with van der Waals surface area (Å²) >= 11 is 0. The van der Waals surface area contributed by atoms with Crippen LogP contribution in [0.25, 0.3) is 0 Å². The van der Waals surface area contributed by atoms with E-state index >= 15 is 0 Å². The van der Waals surface area contributed by atoms with Crippen molar-refractivity contribution in [3.05, 3.63) is 17.7 Å². The first kappa shape index (κ1) is 29.0. The maximum absolute atomic E-state index is 13.4. The molecule has 1 amide bonds. The second-order valence-corrected chi connectivity index (χ2v) is 10.9. The van der Waals surface area contributed by atoms with E-state index in [0.29, 0.717) is 43.4 Å². The highest BCUT2D eigenvalue weighted by Gasteiger charge is 2.49. The number of hydroxylamine groups is 2. The SMILES string of the molecule is CCCON(CCC)C(=O)CN1CC(c2cc(OC)c3c(c2)OCO3)C(C(=O)O)C1CC(C)(C)CCC. The lowest BCUT2D eigenvalue weighted by molar-refractivity contribution is -0.188. The van der Waals surface area contributed by atoms with Crippen LogP contribution in [0.4, 0.5) is 0 Å². The normalized spacial score (nSPS) is 21.3. The Balaban J connectivity index is 1.97. The van der Waals surface area contributed by atoms with E-state index in [0.717, 1.165) is 31.2 Å². The third-order valence-corrected chi connectivity index (χ3v) is 7.33. The van der Waals surface area contributed by atoms with Crippen LogP contribution in [0, 0.1) is 11.3 Å². The number of fused-ring (bicyclic) bond motifs is 1. The number of carboxylic acid groups (broad SMARTS) is 1. The van der Waals surface area contributed by atoms with Crippen molar-refractivity contribution in [2.24, 2.45) is 11.3 Å². The van der Waals surface area contributed by atoms with Gasteiger partial charge in [0.1, 0.15) is 0 Å². The molecule has 0 spiro atoms. The van der Waals surface area contributed by atoms with E-state index in [-0.39, 0.29) is 36.6 Å². The minimum atomic E-state index is -0.860. The van der Waals surface area contributed by atoms with Crippen LogP contribution in [0.15, 0.2) is 12.1 Å². The van der Waals surface area contributed by atoms with Crippen molar-refractivity contribution < 1.29 is 33.7 Å². The van der Waals surface area contributed by atoms with Crippen LogP contribution < -0.4 is 14.2 Å². The number of benzene rings is 1. The largest absolute Gasteiger partial charge is 0.493 e. The van der Waals surface area contributed by atoms with Gasteiger partial charge >= 0.3 is 5.97 Å². The summed E-state index contributed by atoms with van der Waals surface area (Å²) < 4.78 is 16.7. The van der Waals surface area contributed by atoms with Gasteiger partial charge in [-0.1, -0.05) is 41.0 Å². The van der Waals surface area contributed by atoms with Crippen LogP contribution in [0.3, 0.4) is 0 Å². The lowest BCUT2D eigenvalue weighted by Gasteiger charge is -2.35. The molecule has 1 aromatic carbocycles. The number of carbonyl (C=O) groups is 2. The molecular weight excluding hydrogens is 476 g/mol. The third kappa shape index (κ3) is 6.87. The molecule has 37 heavy (non-hydrogen) atoms. The van der Waals surface area contributed by atoms with Crippen molar-refractivity contribution in [2.45, 2.75) is 78.7 Å². The molecule has 1 fully saturated rings. The van der Waals surface area contributed by atoms with Crippen LogP contribution >= 0.6 is 0 Å². The Labute approximate surface area is 220 Å². The number of nitrogens with zero attached hydrogens (tertiary/aromatic N) is 2. The number of carboxylic acids is 1. The molecule has 2 aliphatic rings. The van der Waals surface area contributed by atoms with Crippen LogP contribution in [0.1, 0.15) is 78.2 Å². The number of carbonyl (C=O) groups excluding carboxylic acids is 1. The Morgan fingerprint density at radius 2 is 1.92 bits per heavy atom. The highest BCUT2D eigenvalue weighted by Crippen LogP contribution is 2.48. The number of ether oxygens (including phenoxy) is 3. The van der Waals surface area contributed by atoms with E-state index < -0.39 is 11.9 Å². The molecule has 0 radical (unpaired) electrons. The van der Waals surface area contributed by atoms with E-state index in [2.05, 4.69) is 25.7 Å². The highest BCUT2D eigenvalue weighted by molar-refractivity contribution is 5.78. The number of rotatable bonds is 14. The molecule has 1 aromatic rings. The summed E-state index contributed by atoms with van der Waals surface area (Å²) in [4.78, 5) is 34.0. The zero-order valence-electron chi connectivity index (χ0n) is 23.2. The average Bonchev–Trinajstić information content (AvgIpc) is 3.45. The molecule has 9 nitrogen and oxygen atoms in total. The summed E-state index contributed by atoms with van der Waals surface area (Å²) in [6.45, 7) is 12.1. The summed E-state index contributed by atoms with van der Waals surface area (Å²) in [5.74, 6) is -0.417. The number of amides is 1. The van der Waals surface area contributed by atoms with Crippen molar-refractivity contribution in [3.63, 3.8) is 0 Å². The van der Waals surface area contributed by atoms with Crippen LogP contribution in [-0.4, -0.2) is 73.1 Å². The van der Waals surface area contributed by atoms with Gasteiger partial charge in [0.25, 0.3) is 5.91 Å². The van der Waals surface area contributed by atoms with Gasteiger partial charge in [-0.25, -0.2) is 5.06 Å². The molecule has 9 heteroatoms. The van der Waals surface area contributed by atoms with Crippen LogP contribution in [0.5, 0.6) is 17.2 Å². The van der Waals surface area contributed by atoms with Gasteiger partial charge in [-0.05, 0) is 48.8 Å². The van der Waals surface area contributed by atoms with Crippen molar-refractivity contribution in [2.75, 3.05) is 40.1 Å². The number of aliphatic carboxylic acids is 1. The Morgan fingerprint density at radius 3 is 2.54 bits per heavy atom. The minimum absolute atomic E-state index is 0.0717. The first-order valence-electron chi connectivity index (χ1n) is 13.5. The topological polar surface area (TPSA) is 97.8 Å². The molecule has 3 rings (SSSR count). The summed E-state index contributed by atoms with van der Waals surface area (Å²) in [6.07, 6.45) is 4.24.